The lowest BCUT2D eigenvalue weighted by atomic mass is 9.74. The zero-order chi connectivity index (χ0) is 19.7. The average Bonchev–Trinajstić information content (AvgIpc) is 2.67. The Hall–Kier alpha value is -2.17. The van der Waals surface area contributed by atoms with Gasteiger partial charge in [0.25, 0.3) is 0 Å². The zero-order valence-electron chi connectivity index (χ0n) is 16.8. The van der Waals surface area contributed by atoms with Crippen LogP contribution >= 0.6 is 0 Å². The molecule has 4 nitrogen and oxygen atoms in total. The van der Waals surface area contributed by atoms with E-state index in [1.54, 1.807) is 6.92 Å². The molecule has 148 valence electrons. The van der Waals surface area contributed by atoms with E-state index in [0.717, 1.165) is 32.5 Å². The van der Waals surface area contributed by atoms with E-state index in [1.807, 2.05) is 4.90 Å². The number of aliphatic hydroxyl groups excluding tert-OH is 1. The van der Waals surface area contributed by atoms with E-state index >= 15 is 0 Å². The molecular formula is C24H30N2O2. The molecule has 2 aliphatic heterocycles. The summed E-state index contributed by atoms with van der Waals surface area (Å²) in [5, 5.41) is 10.0. The van der Waals surface area contributed by atoms with Crippen molar-refractivity contribution in [2.24, 2.45) is 0 Å². The molecule has 0 aliphatic carbocycles. The number of hydrogen-bond acceptors (Lipinski definition) is 3. The second-order valence-corrected chi connectivity index (χ2v) is 8.24. The predicted molar refractivity (Wildman–Crippen MR) is 112 cm³/mol. The SMILES string of the molecule is CC(=O)N1CCCCN2[C@@H](CO)[C@H](c3ccc(-c4cccc(C)c4)cc3)[C@@H]2C1. The summed E-state index contributed by atoms with van der Waals surface area (Å²) >= 11 is 0. The summed E-state index contributed by atoms with van der Waals surface area (Å²) in [7, 11) is 0. The molecular weight excluding hydrogens is 348 g/mol. The average molecular weight is 379 g/mol. The molecule has 0 saturated carbocycles. The predicted octanol–water partition coefficient (Wildman–Crippen LogP) is 3.43. The number of carbonyl (C=O) groups excluding carboxylic acids is 1. The Morgan fingerprint density at radius 1 is 1.07 bits per heavy atom. The van der Waals surface area contributed by atoms with Gasteiger partial charge in [-0.15, -0.1) is 0 Å². The van der Waals surface area contributed by atoms with Crippen molar-refractivity contribution in [1.29, 1.82) is 0 Å². The smallest absolute Gasteiger partial charge is 0.219 e. The van der Waals surface area contributed by atoms with Crippen LogP contribution < -0.4 is 0 Å². The largest absolute Gasteiger partial charge is 0.395 e. The number of hydrogen-bond donors (Lipinski definition) is 1. The fourth-order valence-electron chi connectivity index (χ4n) is 4.95. The summed E-state index contributed by atoms with van der Waals surface area (Å²) in [6.45, 7) is 6.57. The van der Waals surface area contributed by atoms with Crippen LogP contribution in [0.3, 0.4) is 0 Å². The van der Waals surface area contributed by atoms with E-state index in [-0.39, 0.29) is 24.5 Å². The molecule has 0 unspecified atom stereocenters. The van der Waals surface area contributed by atoms with Crippen molar-refractivity contribution < 1.29 is 9.90 Å². The van der Waals surface area contributed by atoms with Crippen LogP contribution in [0.4, 0.5) is 0 Å². The van der Waals surface area contributed by atoms with Crippen molar-refractivity contribution in [2.75, 3.05) is 26.2 Å². The van der Waals surface area contributed by atoms with Crippen LogP contribution in [0.2, 0.25) is 0 Å². The number of nitrogens with zero attached hydrogens (tertiary/aromatic N) is 2. The standard InChI is InChI=1S/C24H30N2O2/c1-17-6-5-7-21(14-17)19-8-10-20(11-9-19)24-22-15-25(18(2)28)12-3-4-13-26(22)23(24)16-27/h5-11,14,22-24,27H,3-4,12-13,15-16H2,1-2H3/t22-,23-,24+/m0/s1. The van der Waals surface area contributed by atoms with E-state index in [0.29, 0.717) is 6.04 Å². The molecule has 2 aromatic rings. The first kappa shape index (κ1) is 19.2. The minimum absolute atomic E-state index is 0.154. The molecule has 4 rings (SSSR count). The molecule has 2 saturated heterocycles. The fourth-order valence-corrected chi connectivity index (χ4v) is 4.95. The molecule has 2 aromatic carbocycles. The van der Waals surface area contributed by atoms with E-state index in [4.69, 9.17) is 0 Å². The first-order valence-corrected chi connectivity index (χ1v) is 10.4. The van der Waals surface area contributed by atoms with Gasteiger partial charge in [0.15, 0.2) is 0 Å². The minimum atomic E-state index is 0.154. The van der Waals surface area contributed by atoms with Gasteiger partial charge in [0.05, 0.1) is 6.61 Å². The van der Waals surface area contributed by atoms with E-state index in [9.17, 15) is 9.90 Å². The van der Waals surface area contributed by atoms with Crippen LogP contribution in [0.1, 0.15) is 36.8 Å². The summed E-state index contributed by atoms with van der Waals surface area (Å²) in [5.41, 5.74) is 4.97. The van der Waals surface area contributed by atoms with Crippen molar-refractivity contribution in [3.8, 4) is 11.1 Å². The fraction of sp³-hybridized carbons (Fsp3) is 0.458. The summed E-state index contributed by atoms with van der Waals surface area (Å²) < 4.78 is 0. The molecule has 28 heavy (non-hydrogen) atoms. The number of benzene rings is 2. The number of rotatable bonds is 3. The molecule has 1 N–H and O–H groups in total. The monoisotopic (exact) mass is 378 g/mol. The Balaban J connectivity index is 1.58. The first-order valence-electron chi connectivity index (χ1n) is 10.4. The second-order valence-electron chi connectivity index (χ2n) is 8.24. The molecule has 0 spiro atoms. The van der Waals surface area contributed by atoms with Gasteiger partial charge in [-0.05, 0) is 43.0 Å². The quantitative estimate of drug-likeness (QED) is 0.890. The third-order valence-corrected chi connectivity index (χ3v) is 6.46. The number of amides is 1. The second kappa shape index (κ2) is 8.06. The normalized spacial score (nSPS) is 25.4. The minimum Gasteiger partial charge on any atom is -0.395 e. The lowest BCUT2D eigenvalue weighted by molar-refractivity contribution is -0.134. The van der Waals surface area contributed by atoms with E-state index < -0.39 is 0 Å². The summed E-state index contributed by atoms with van der Waals surface area (Å²) in [4.78, 5) is 16.4. The van der Waals surface area contributed by atoms with Crippen LogP contribution in [0.15, 0.2) is 48.5 Å². The lowest BCUT2D eigenvalue weighted by Gasteiger charge is -2.57. The van der Waals surface area contributed by atoms with Gasteiger partial charge in [0, 0.05) is 38.0 Å². The maximum Gasteiger partial charge on any atom is 0.219 e. The van der Waals surface area contributed by atoms with Gasteiger partial charge in [-0.3, -0.25) is 9.69 Å². The highest BCUT2D eigenvalue weighted by molar-refractivity contribution is 5.73. The molecule has 0 bridgehead atoms. The van der Waals surface area contributed by atoms with Gasteiger partial charge >= 0.3 is 0 Å². The molecule has 4 heteroatoms. The van der Waals surface area contributed by atoms with Crippen LogP contribution in [-0.4, -0.2) is 59.1 Å². The Labute approximate surface area is 167 Å². The molecule has 1 amide bonds. The topological polar surface area (TPSA) is 43.8 Å². The molecule has 2 aliphatic rings. The summed E-state index contributed by atoms with van der Waals surface area (Å²) in [6, 6.07) is 17.8. The number of carbonyl (C=O) groups is 1. The van der Waals surface area contributed by atoms with E-state index in [2.05, 4.69) is 60.4 Å². The van der Waals surface area contributed by atoms with Crippen molar-refractivity contribution >= 4 is 5.91 Å². The zero-order valence-corrected chi connectivity index (χ0v) is 16.8. The van der Waals surface area contributed by atoms with Crippen molar-refractivity contribution in [3.05, 3.63) is 59.7 Å². The number of aliphatic hydroxyl groups is 1. The van der Waals surface area contributed by atoms with Crippen LogP contribution in [0.25, 0.3) is 11.1 Å². The van der Waals surface area contributed by atoms with Gasteiger partial charge in [0.2, 0.25) is 5.91 Å². The molecule has 0 radical (unpaired) electrons. The van der Waals surface area contributed by atoms with Crippen LogP contribution in [-0.2, 0) is 4.79 Å². The van der Waals surface area contributed by atoms with Crippen LogP contribution in [0.5, 0.6) is 0 Å². The van der Waals surface area contributed by atoms with Gasteiger partial charge in [-0.25, -0.2) is 0 Å². The highest BCUT2D eigenvalue weighted by atomic mass is 16.3. The van der Waals surface area contributed by atoms with Gasteiger partial charge in [-0.1, -0.05) is 54.1 Å². The number of aryl methyl sites for hydroxylation is 1. The van der Waals surface area contributed by atoms with Crippen molar-refractivity contribution in [2.45, 2.75) is 44.7 Å². The van der Waals surface area contributed by atoms with Gasteiger partial charge in [0.1, 0.15) is 0 Å². The van der Waals surface area contributed by atoms with Crippen molar-refractivity contribution in [1.82, 2.24) is 9.80 Å². The lowest BCUT2D eigenvalue weighted by Crippen LogP contribution is -2.67. The summed E-state index contributed by atoms with van der Waals surface area (Å²) in [6.07, 6.45) is 2.12. The summed E-state index contributed by atoms with van der Waals surface area (Å²) in [5.74, 6) is 0.430. The maximum atomic E-state index is 12.0. The highest BCUT2D eigenvalue weighted by Crippen LogP contribution is 2.42. The third-order valence-electron chi connectivity index (χ3n) is 6.46. The Kier molecular flexibility index (Phi) is 5.51. The van der Waals surface area contributed by atoms with E-state index in [1.165, 1.54) is 22.3 Å². The maximum absolute atomic E-state index is 12.0. The molecule has 0 aromatic heterocycles. The Morgan fingerprint density at radius 3 is 2.50 bits per heavy atom. The van der Waals surface area contributed by atoms with Gasteiger partial charge in [-0.2, -0.15) is 0 Å². The first-order chi connectivity index (χ1) is 13.6. The van der Waals surface area contributed by atoms with Gasteiger partial charge < -0.3 is 10.0 Å². The Morgan fingerprint density at radius 2 is 1.82 bits per heavy atom. The number of fused-ring (bicyclic) bond motifs is 1. The Bertz CT molecular complexity index is 833. The highest BCUT2D eigenvalue weighted by Gasteiger charge is 2.49. The van der Waals surface area contributed by atoms with Crippen molar-refractivity contribution in [3.63, 3.8) is 0 Å². The molecule has 2 heterocycles. The third kappa shape index (κ3) is 3.59. The van der Waals surface area contributed by atoms with Crippen LogP contribution in [0, 0.1) is 6.92 Å². The molecule has 3 atom stereocenters. The molecule has 2 fully saturated rings.